The molecule has 3 aromatic rings. The summed E-state index contributed by atoms with van der Waals surface area (Å²) in [7, 11) is 2.08. The zero-order valence-corrected chi connectivity index (χ0v) is 17.5. The normalized spacial score (nSPS) is 22.0. The second kappa shape index (κ2) is 8.52. The van der Waals surface area contributed by atoms with Crippen molar-refractivity contribution in [3.8, 4) is 0 Å². The molecule has 0 unspecified atom stereocenters. The van der Waals surface area contributed by atoms with Crippen molar-refractivity contribution in [2.75, 3.05) is 56.7 Å². The number of hydrogen-bond donors (Lipinski definition) is 3. The molecule has 0 radical (unpaired) electrons. The fourth-order valence-electron chi connectivity index (χ4n) is 4.49. The molecule has 31 heavy (non-hydrogen) atoms. The van der Waals surface area contributed by atoms with Gasteiger partial charge in [0.05, 0.1) is 30.2 Å². The number of urea groups is 1. The third kappa shape index (κ3) is 4.19. The number of anilines is 2. The quantitative estimate of drug-likeness (QED) is 0.596. The molecule has 3 N–H and O–H groups in total. The first kappa shape index (κ1) is 19.8. The number of nitrogens with one attached hydrogen (secondary N) is 3. The highest BCUT2D eigenvalue weighted by Gasteiger charge is 2.33. The molecule has 1 aromatic carbocycles. The summed E-state index contributed by atoms with van der Waals surface area (Å²) in [6.07, 6.45) is 1.76. The Bertz CT molecular complexity index is 1050. The Kier molecular flexibility index (Phi) is 5.44. The van der Waals surface area contributed by atoms with Crippen LogP contribution in [0.5, 0.6) is 0 Å². The number of ether oxygens (including phenoxy) is 1. The van der Waals surface area contributed by atoms with Crippen molar-refractivity contribution in [2.45, 2.75) is 12.0 Å². The van der Waals surface area contributed by atoms with Gasteiger partial charge in [0.2, 0.25) is 0 Å². The molecule has 0 saturated carbocycles. The predicted molar refractivity (Wildman–Crippen MR) is 120 cm³/mol. The first-order chi connectivity index (χ1) is 15.2. The summed E-state index contributed by atoms with van der Waals surface area (Å²) in [4.78, 5) is 21.6. The van der Waals surface area contributed by atoms with Crippen LogP contribution in [-0.4, -0.2) is 78.6 Å². The van der Waals surface area contributed by atoms with Crippen LogP contribution in [0.2, 0.25) is 0 Å². The smallest absolute Gasteiger partial charge is 0.320 e. The number of aromatic amines is 1. The number of nitrogens with zero attached hydrogens (tertiary/aromatic N) is 4. The van der Waals surface area contributed by atoms with Gasteiger partial charge in [0.25, 0.3) is 0 Å². The Labute approximate surface area is 180 Å². The molecule has 2 fully saturated rings. The van der Waals surface area contributed by atoms with E-state index in [9.17, 15) is 4.79 Å². The van der Waals surface area contributed by atoms with Crippen molar-refractivity contribution < 1.29 is 9.53 Å². The maximum absolute atomic E-state index is 12.7. The van der Waals surface area contributed by atoms with Gasteiger partial charge in [0.1, 0.15) is 5.82 Å². The molecule has 5 rings (SSSR count). The second-order valence-corrected chi connectivity index (χ2v) is 8.21. The largest absolute Gasteiger partial charge is 0.378 e. The molecule has 2 amide bonds. The molecule has 4 heterocycles. The van der Waals surface area contributed by atoms with Crippen LogP contribution in [-0.2, 0) is 4.74 Å². The number of likely N-dealkylation sites (tertiary alicyclic amines) is 1. The van der Waals surface area contributed by atoms with Gasteiger partial charge < -0.3 is 19.9 Å². The van der Waals surface area contributed by atoms with E-state index in [0.29, 0.717) is 19.0 Å². The molecule has 9 nitrogen and oxygen atoms in total. The molecule has 0 spiro atoms. The highest BCUT2D eigenvalue weighted by atomic mass is 16.5. The number of carbonyl (C=O) groups is 1. The van der Waals surface area contributed by atoms with Crippen molar-refractivity contribution in [1.29, 1.82) is 0 Å². The van der Waals surface area contributed by atoms with Crippen LogP contribution >= 0.6 is 0 Å². The maximum Gasteiger partial charge on any atom is 0.320 e. The van der Waals surface area contributed by atoms with Crippen molar-refractivity contribution in [1.82, 2.24) is 25.4 Å². The Morgan fingerprint density at radius 2 is 2.00 bits per heavy atom. The number of hydrogen-bond acceptors (Lipinski definition) is 6. The van der Waals surface area contributed by atoms with Crippen molar-refractivity contribution >= 4 is 28.6 Å². The van der Waals surface area contributed by atoms with Gasteiger partial charge >= 0.3 is 6.03 Å². The van der Waals surface area contributed by atoms with Gasteiger partial charge in [-0.1, -0.05) is 30.3 Å². The number of likely N-dealkylation sites (N-methyl/N-ethyl adjacent to an activating group) is 1. The van der Waals surface area contributed by atoms with Crippen LogP contribution in [0.3, 0.4) is 0 Å². The average molecular weight is 422 g/mol. The molecule has 2 atom stereocenters. The number of benzene rings is 1. The summed E-state index contributed by atoms with van der Waals surface area (Å²) in [5.74, 6) is 1.63. The number of pyridine rings is 1. The van der Waals surface area contributed by atoms with E-state index in [-0.39, 0.29) is 18.0 Å². The summed E-state index contributed by atoms with van der Waals surface area (Å²) < 4.78 is 5.42. The second-order valence-electron chi connectivity index (χ2n) is 8.21. The Hall–Kier alpha value is -3.17. The number of aromatic nitrogens is 3. The summed E-state index contributed by atoms with van der Waals surface area (Å²) >= 11 is 0. The molecule has 0 bridgehead atoms. The first-order valence-electron chi connectivity index (χ1n) is 10.7. The standard InChI is InChI=1S/C22H27N7O2/c1-28-13-17(15-5-3-2-4-6-15)19(14-28)24-22(30)25-20-11-18-16(12-23-20)21(27-26-18)29-7-9-31-10-8-29/h2-6,11-12,17,19H,7-10,13-14H2,1H3,(H,26,27)(H2,23,24,25,30)/t17-,19-/m0/s1. The van der Waals surface area contributed by atoms with E-state index in [1.807, 2.05) is 24.3 Å². The molecular formula is C22H27N7O2. The minimum atomic E-state index is -0.249. The van der Waals surface area contributed by atoms with E-state index < -0.39 is 0 Å². The Morgan fingerprint density at radius 3 is 2.81 bits per heavy atom. The van der Waals surface area contributed by atoms with Crippen molar-refractivity contribution in [2.24, 2.45) is 0 Å². The lowest BCUT2D eigenvalue weighted by molar-refractivity contribution is 0.122. The highest BCUT2D eigenvalue weighted by Crippen LogP contribution is 2.27. The molecule has 2 aliphatic heterocycles. The topological polar surface area (TPSA) is 98.4 Å². The molecule has 0 aliphatic carbocycles. The lowest BCUT2D eigenvalue weighted by Gasteiger charge is -2.26. The summed E-state index contributed by atoms with van der Waals surface area (Å²) in [5.41, 5.74) is 2.08. The van der Waals surface area contributed by atoms with Crippen LogP contribution < -0.4 is 15.5 Å². The molecule has 2 aliphatic rings. The zero-order chi connectivity index (χ0) is 21.2. The summed E-state index contributed by atoms with van der Waals surface area (Å²) in [6, 6.07) is 11.9. The molecule has 9 heteroatoms. The van der Waals surface area contributed by atoms with E-state index in [4.69, 9.17) is 4.74 Å². The number of rotatable bonds is 4. The average Bonchev–Trinajstić information content (AvgIpc) is 3.37. The van der Waals surface area contributed by atoms with Gasteiger partial charge in [-0.3, -0.25) is 10.4 Å². The van der Waals surface area contributed by atoms with E-state index in [1.165, 1.54) is 5.56 Å². The van der Waals surface area contributed by atoms with Gasteiger partial charge in [-0.05, 0) is 12.6 Å². The molecular weight excluding hydrogens is 394 g/mol. The van der Waals surface area contributed by atoms with Crippen LogP contribution in [0.1, 0.15) is 11.5 Å². The van der Waals surface area contributed by atoms with Crippen LogP contribution in [0.15, 0.2) is 42.6 Å². The van der Waals surface area contributed by atoms with Crippen LogP contribution in [0.25, 0.3) is 10.9 Å². The Balaban J connectivity index is 1.27. The van der Waals surface area contributed by atoms with E-state index >= 15 is 0 Å². The van der Waals surface area contributed by atoms with Crippen molar-refractivity contribution in [3.05, 3.63) is 48.2 Å². The van der Waals surface area contributed by atoms with Crippen molar-refractivity contribution in [3.63, 3.8) is 0 Å². The van der Waals surface area contributed by atoms with E-state index in [0.717, 1.165) is 42.9 Å². The zero-order valence-electron chi connectivity index (χ0n) is 17.5. The molecule has 162 valence electrons. The number of fused-ring (bicyclic) bond motifs is 1. The number of morpholine rings is 1. The van der Waals surface area contributed by atoms with Crippen LogP contribution in [0, 0.1) is 0 Å². The minimum absolute atomic E-state index is 0.0382. The molecule has 2 saturated heterocycles. The fraction of sp³-hybridized carbons (Fsp3) is 0.409. The van der Waals surface area contributed by atoms with Gasteiger partial charge in [0, 0.05) is 44.4 Å². The maximum atomic E-state index is 12.7. The van der Waals surface area contributed by atoms with E-state index in [1.54, 1.807) is 6.20 Å². The highest BCUT2D eigenvalue weighted by molar-refractivity contribution is 5.94. The van der Waals surface area contributed by atoms with Gasteiger partial charge in [-0.2, -0.15) is 5.10 Å². The number of H-pyrrole nitrogens is 1. The predicted octanol–water partition coefficient (Wildman–Crippen LogP) is 2.01. The van der Waals surface area contributed by atoms with Crippen LogP contribution in [0.4, 0.5) is 16.4 Å². The molecule has 2 aromatic heterocycles. The van der Waals surface area contributed by atoms with Gasteiger partial charge in [-0.15, -0.1) is 0 Å². The third-order valence-electron chi connectivity index (χ3n) is 6.03. The third-order valence-corrected chi connectivity index (χ3v) is 6.03. The number of carbonyl (C=O) groups excluding carboxylic acids is 1. The SMILES string of the molecule is CN1C[C@H](NC(=O)Nc2cc3[nH]nc(N4CCOCC4)c3cn2)[C@H](c2ccccc2)C1. The number of amides is 2. The van der Waals surface area contributed by atoms with Gasteiger partial charge in [0.15, 0.2) is 5.82 Å². The monoisotopic (exact) mass is 421 g/mol. The summed E-state index contributed by atoms with van der Waals surface area (Å²) in [6.45, 7) is 4.73. The Morgan fingerprint density at radius 1 is 1.19 bits per heavy atom. The fourth-order valence-corrected chi connectivity index (χ4v) is 4.49. The lowest BCUT2D eigenvalue weighted by Crippen LogP contribution is -2.42. The van der Waals surface area contributed by atoms with Gasteiger partial charge in [-0.25, -0.2) is 9.78 Å². The first-order valence-corrected chi connectivity index (χ1v) is 10.7. The lowest BCUT2D eigenvalue weighted by atomic mass is 9.94. The minimum Gasteiger partial charge on any atom is -0.378 e. The summed E-state index contributed by atoms with van der Waals surface area (Å²) in [5, 5.41) is 14.4. The van der Waals surface area contributed by atoms with E-state index in [2.05, 4.69) is 54.8 Å².